The van der Waals surface area contributed by atoms with E-state index in [2.05, 4.69) is 34.1 Å². The third-order valence-electron chi connectivity index (χ3n) is 3.49. The Balaban J connectivity index is 1.75. The zero-order chi connectivity index (χ0) is 17.1. The molecule has 126 valence electrons. The van der Waals surface area contributed by atoms with Crippen LogP contribution < -0.4 is 9.64 Å². The van der Waals surface area contributed by atoms with Gasteiger partial charge in [-0.1, -0.05) is 15.9 Å². The molecule has 2 heterocycles. The summed E-state index contributed by atoms with van der Waals surface area (Å²) in [6.45, 7) is 1.33. The Morgan fingerprint density at radius 2 is 2.21 bits per heavy atom. The van der Waals surface area contributed by atoms with Crippen molar-refractivity contribution >= 4 is 28.1 Å². The SMILES string of the molecule is COc1ccc(Br)cc1C[NH+](C)Cn1nc(-c2ccco2)oc1=S. The zero-order valence-corrected chi connectivity index (χ0v) is 15.7. The van der Waals surface area contributed by atoms with Crippen molar-refractivity contribution in [1.82, 2.24) is 9.78 Å². The molecule has 0 saturated carbocycles. The number of ether oxygens (including phenoxy) is 1. The lowest BCUT2D eigenvalue weighted by molar-refractivity contribution is -0.917. The van der Waals surface area contributed by atoms with E-state index in [0.29, 0.717) is 23.2 Å². The minimum Gasteiger partial charge on any atom is -0.496 e. The summed E-state index contributed by atoms with van der Waals surface area (Å²) < 4.78 is 18.9. The Morgan fingerprint density at radius 1 is 1.38 bits per heavy atom. The molecule has 3 aromatic rings. The van der Waals surface area contributed by atoms with Crippen LogP contribution in [0.3, 0.4) is 0 Å². The molecule has 6 nitrogen and oxygen atoms in total. The van der Waals surface area contributed by atoms with E-state index in [0.717, 1.165) is 22.3 Å². The van der Waals surface area contributed by atoms with Crippen LogP contribution in [0.5, 0.6) is 5.75 Å². The van der Waals surface area contributed by atoms with E-state index in [1.54, 1.807) is 30.2 Å². The molecule has 2 aromatic heterocycles. The highest BCUT2D eigenvalue weighted by atomic mass is 79.9. The number of furan rings is 1. The van der Waals surface area contributed by atoms with Gasteiger partial charge in [-0.15, -0.1) is 5.10 Å². The summed E-state index contributed by atoms with van der Waals surface area (Å²) in [6.07, 6.45) is 1.57. The lowest BCUT2D eigenvalue weighted by Crippen LogP contribution is -3.07. The van der Waals surface area contributed by atoms with Crippen LogP contribution in [0.4, 0.5) is 0 Å². The van der Waals surface area contributed by atoms with Gasteiger partial charge in [0.2, 0.25) is 0 Å². The van der Waals surface area contributed by atoms with Crippen molar-refractivity contribution in [3.63, 3.8) is 0 Å². The quantitative estimate of drug-likeness (QED) is 0.633. The Bertz CT molecular complexity index is 873. The van der Waals surface area contributed by atoms with Crippen molar-refractivity contribution in [3.8, 4) is 17.4 Å². The lowest BCUT2D eigenvalue weighted by atomic mass is 10.2. The largest absolute Gasteiger partial charge is 0.496 e. The number of halogens is 1. The maximum absolute atomic E-state index is 5.50. The number of aromatic nitrogens is 2. The molecule has 8 heteroatoms. The van der Waals surface area contributed by atoms with Crippen molar-refractivity contribution in [2.45, 2.75) is 13.2 Å². The minimum atomic E-state index is 0.321. The Kier molecular flexibility index (Phi) is 5.17. The van der Waals surface area contributed by atoms with Crippen molar-refractivity contribution in [1.29, 1.82) is 0 Å². The van der Waals surface area contributed by atoms with Gasteiger partial charge in [0, 0.05) is 10.0 Å². The number of benzene rings is 1. The highest BCUT2D eigenvalue weighted by Gasteiger charge is 2.15. The van der Waals surface area contributed by atoms with Gasteiger partial charge >= 0.3 is 0 Å². The fourth-order valence-electron chi connectivity index (χ4n) is 2.43. The number of nitrogens with one attached hydrogen (secondary N) is 1. The molecule has 0 aliphatic heterocycles. The summed E-state index contributed by atoms with van der Waals surface area (Å²) in [6, 6.07) is 9.53. The monoisotopic (exact) mass is 410 g/mol. The average Bonchev–Trinajstić information content (AvgIpc) is 3.18. The van der Waals surface area contributed by atoms with Gasteiger partial charge in [-0.2, -0.15) is 4.68 Å². The first-order chi connectivity index (χ1) is 11.6. The third-order valence-corrected chi connectivity index (χ3v) is 4.28. The lowest BCUT2D eigenvalue weighted by Gasteiger charge is -2.15. The number of quaternary nitrogens is 1. The summed E-state index contributed by atoms with van der Waals surface area (Å²) in [5.41, 5.74) is 1.10. The number of hydrogen-bond donors (Lipinski definition) is 1. The predicted octanol–water partition coefficient (Wildman–Crippen LogP) is 2.91. The summed E-state index contributed by atoms with van der Waals surface area (Å²) in [5, 5.41) is 4.38. The van der Waals surface area contributed by atoms with Crippen LogP contribution in [0.1, 0.15) is 5.56 Å². The van der Waals surface area contributed by atoms with Crippen LogP contribution in [-0.4, -0.2) is 23.9 Å². The second kappa shape index (κ2) is 7.33. The van der Waals surface area contributed by atoms with E-state index in [9.17, 15) is 0 Å². The maximum atomic E-state index is 5.50. The predicted molar refractivity (Wildman–Crippen MR) is 94.3 cm³/mol. The molecule has 0 spiro atoms. The number of hydrogen-bond acceptors (Lipinski definition) is 5. The molecule has 24 heavy (non-hydrogen) atoms. The average molecular weight is 411 g/mol. The zero-order valence-electron chi connectivity index (χ0n) is 13.3. The third kappa shape index (κ3) is 3.77. The summed E-state index contributed by atoms with van der Waals surface area (Å²) >= 11 is 8.74. The van der Waals surface area contributed by atoms with Gasteiger partial charge in [-0.25, -0.2) is 0 Å². The fraction of sp³-hybridized carbons (Fsp3) is 0.250. The van der Waals surface area contributed by atoms with Crippen molar-refractivity contribution in [3.05, 3.63) is 51.5 Å². The van der Waals surface area contributed by atoms with Gasteiger partial charge in [0.1, 0.15) is 12.3 Å². The van der Waals surface area contributed by atoms with Crippen molar-refractivity contribution < 1.29 is 18.5 Å². The van der Waals surface area contributed by atoms with Crippen molar-refractivity contribution in [2.24, 2.45) is 0 Å². The van der Waals surface area contributed by atoms with Gasteiger partial charge in [0.15, 0.2) is 12.4 Å². The van der Waals surface area contributed by atoms with Crippen LogP contribution in [-0.2, 0) is 13.2 Å². The highest BCUT2D eigenvalue weighted by Crippen LogP contribution is 2.22. The van der Waals surface area contributed by atoms with Crippen LogP contribution >= 0.6 is 28.1 Å². The van der Waals surface area contributed by atoms with Crippen LogP contribution in [0, 0.1) is 4.84 Å². The molecule has 1 N–H and O–H groups in total. The molecule has 0 amide bonds. The Morgan fingerprint density at radius 3 is 2.92 bits per heavy atom. The van der Waals surface area contributed by atoms with Gasteiger partial charge in [0.25, 0.3) is 10.7 Å². The second-order valence-electron chi connectivity index (χ2n) is 5.40. The second-order valence-corrected chi connectivity index (χ2v) is 6.66. The fourth-order valence-corrected chi connectivity index (χ4v) is 3.02. The number of methoxy groups -OCH3 is 1. The van der Waals surface area contributed by atoms with Gasteiger partial charge in [0.05, 0.1) is 20.4 Å². The highest BCUT2D eigenvalue weighted by molar-refractivity contribution is 9.10. The first kappa shape index (κ1) is 16.9. The van der Waals surface area contributed by atoms with Crippen LogP contribution in [0.15, 0.2) is 49.9 Å². The maximum Gasteiger partial charge on any atom is 0.292 e. The van der Waals surface area contributed by atoms with E-state index >= 15 is 0 Å². The molecule has 0 radical (unpaired) electrons. The van der Waals surface area contributed by atoms with Gasteiger partial charge < -0.3 is 18.5 Å². The smallest absolute Gasteiger partial charge is 0.292 e. The molecule has 1 atom stereocenters. The molecule has 0 saturated heterocycles. The van der Waals surface area contributed by atoms with E-state index in [1.165, 1.54) is 4.90 Å². The molecule has 0 aliphatic carbocycles. The van der Waals surface area contributed by atoms with Gasteiger partial charge in [-0.3, -0.25) is 0 Å². The van der Waals surface area contributed by atoms with E-state index in [-0.39, 0.29) is 0 Å². The first-order valence-electron chi connectivity index (χ1n) is 7.32. The standard InChI is InChI=1S/C16H16BrN3O3S/c1-19(9-11-8-12(17)5-6-13(11)21-2)10-20-16(24)23-15(18-20)14-4-3-7-22-14/h3-8H,9-10H2,1-2H3/p+1. The summed E-state index contributed by atoms with van der Waals surface area (Å²) in [4.78, 5) is 1.50. The van der Waals surface area contributed by atoms with Gasteiger partial charge in [-0.05, 0) is 42.5 Å². The molecule has 1 unspecified atom stereocenters. The first-order valence-corrected chi connectivity index (χ1v) is 8.52. The van der Waals surface area contributed by atoms with E-state index < -0.39 is 0 Å². The van der Waals surface area contributed by atoms with Crippen molar-refractivity contribution in [2.75, 3.05) is 14.2 Å². The molecular formula is C16H17BrN3O3S+. The van der Waals surface area contributed by atoms with Crippen LogP contribution in [0.2, 0.25) is 0 Å². The minimum absolute atomic E-state index is 0.321. The normalized spacial score (nSPS) is 12.3. The van der Waals surface area contributed by atoms with E-state index in [4.69, 9.17) is 25.8 Å². The van der Waals surface area contributed by atoms with E-state index in [1.807, 2.05) is 12.1 Å². The summed E-state index contributed by atoms with van der Waals surface area (Å²) in [5.74, 6) is 1.81. The Labute approximate surface area is 152 Å². The molecule has 0 aliphatic rings. The molecule has 1 aromatic carbocycles. The number of nitrogens with zero attached hydrogens (tertiary/aromatic N) is 2. The Hall–Kier alpha value is -1.90. The molecule has 3 rings (SSSR count). The number of rotatable bonds is 6. The van der Waals surface area contributed by atoms with Crippen LogP contribution in [0.25, 0.3) is 11.7 Å². The molecular weight excluding hydrogens is 394 g/mol. The summed E-state index contributed by atoms with van der Waals surface area (Å²) in [7, 11) is 3.73. The molecule has 0 fully saturated rings. The topological polar surface area (TPSA) is 57.8 Å². The molecule has 0 bridgehead atoms.